The fraction of sp³-hybridized carbons (Fsp3) is 0.0667. The zero-order valence-electron chi connectivity index (χ0n) is 12.4. The lowest BCUT2D eigenvalue weighted by Gasteiger charge is -2.06. The number of benzene rings is 2. The SMILES string of the molecule is O=S(=O)(NCc1nc(-c2ccc(Cl)cc2)no1)c1ccc(F)cc1Cl. The summed E-state index contributed by atoms with van der Waals surface area (Å²) in [6.07, 6.45) is 0. The van der Waals surface area contributed by atoms with Crippen molar-refractivity contribution in [3.63, 3.8) is 0 Å². The van der Waals surface area contributed by atoms with E-state index in [0.29, 0.717) is 16.4 Å². The third-order valence-corrected chi connectivity index (χ3v) is 5.30. The van der Waals surface area contributed by atoms with Crippen molar-refractivity contribution < 1.29 is 17.3 Å². The minimum atomic E-state index is -3.96. The second-order valence-electron chi connectivity index (χ2n) is 4.92. The van der Waals surface area contributed by atoms with E-state index in [1.807, 2.05) is 0 Å². The van der Waals surface area contributed by atoms with Gasteiger partial charge in [-0.15, -0.1) is 0 Å². The van der Waals surface area contributed by atoms with Crippen LogP contribution in [0.4, 0.5) is 4.39 Å². The zero-order valence-corrected chi connectivity index (χ0v) is 14.7. The molecule has 130 valence electrons. The van der Waals surface area contributed by atoms with Crippen LogP contribution in [0, 0.1) is 5.82 Å². The molecule has 0 aliphatic carbocycles. The molecule has 0 unspecified atom stereocenters. The number of nitrogens with zero attached hydrogens (tertiary/aromatic N) is 2. The first-order valence-electron chi connectivity index (χ1n) is 6.88. The van der Waals surface area contributed by atoms with Crippen LogP contribution < -0.4 is 4.72 Å². The number of hydrogen-bond donors (Lipinski definition) is 1. The molecule has 1 aromatic heterocycles. The maximum absolute atomic E-state index is 13.0. The Kier molecular flexibility index (Phi) is 5.05. The first kappa shape index (κ1) is 17.8. The maximum Gasteiger partial charge on any atom is 0.242 e. The van der Waals surface area contributed by atoms with E-state index in [1.165, 1.54) is 0 Å². The fourth-order valence-corrected chi connectivity index (χ4v) is 3.60. The van der Waals surface area contributed by atoms with Crippen LogP contribution in [0.1, 0.15) is 5.89 Å². The molecule has 0 aliphatic rings. The van der Waals surface area contributed by atoms with E-state index >= 15 is 0 Å². The molecule has 0 aliphatic heterocycles. The average Bonchev–Trinajstić information content (AvgIpc) is 3.02. The van der Waals surface area contributed by atoms with Gasteiger partial charge in [-0.25, -0.2) is 17.5 Å². The largest absolute Gasteiger partial charge is 0.338 e. The Morgan fingerprint density at radius 2 is 1.84 bits per heavy atom. The molecule has 1 heterocycles. The topological polar surface area (TPSA) is 85.1 Å². The highest BCUT2D eigenvalue weighted by Crippen LogP contribution is 2.22. The maximum atomic E-state index is 13.0. The van der Waals surface area contributed by atoms with Crippen LogP contribution in [-0.2, 0) is 16.6 Å². The van der Waals surface area contributed by atoms with Crippen LogP contribution in [0.3, 0.4) is 0 Å². The standard InChI is InChI=1S/C15H10Cl2FN3O3S/c16-10-3-1-9(2-4-10)15-20-14(24-21-15)8-19-25(22,23)13-6-5-11(18)7-12(13)17/h1-7,19H,8H2. The molecule has 0 bridgehead atoms. The molecule has 0 spiro atoms. The summed E-state index contributed by atoms with van der Waals surface area (Å²) < 4.78 is 44.8. The molecule has 10 heteroatoms. The van der Waals surface area contributed by atoms with Crippen molar-refractivity contribution in [3.8, 4) is 11.4 Å². The van der Waals surface area contributed by atoms with Crippen LogP contribution in [-0.4, -0.2) is 18.6 Å². The number of aromatic nitrogens is 2. The lowest BCUT2D eigenvalue weighted by Crippen LogP contribution is -2.23. The van der Waals surface area contributed by atoms with Gasteiger partial charge in [0, 0.05) is 10.6 Å². The molecule has 0 fully saturated rings. The number of hydrogen-bond acceptors (Lipinski definition) is 5. The van der Waals surface area contributed by atoms with E-state index in [1.54, 1.807) is 24.3 Å². The Labute approximate surface area is 152 Å². The highest BCUT2D eigenvalue weighted by atomic mass is 35.5. The fourth-order valence-electron chi connectivity index (χ4n) is 1.97. The van der Waals surface area contributed by atoms with Gasteiger partial charge >= 0.3 is 0 Å². The van der Waals surface area contributed by atoms with E-state index in [4.69, 9.17) is 27.7 Å². The van der Waals surface area contributed by atoms with Crippen molar-refractivity contribution in [2.45, 2.75) is 11.4 Å². The number of rotatable bonds is 5. The number of halogens is 3. The molecule has 0 saturated heterocycles. The molecular weight excluding hydrogens is 392 g/mol. The smallest absolute Gasteiger partial charge is 0.242 e. The van der Waals surface area contributed by atoms with Gasteiger partial charge in [-0.1, -0.05) is 28.4 Å². The van der Waals surface area contributed by atoms with E-state index in [-0.39, 0.29) is 22.4 Å². The van der Waals surface area contributed by atoms with Gasteiger partial charge < -0.3 is 4.52 Å². The lowest BCUT2D eigenvalue weighted by atomic mass is 10.2. The molecule has 0 saturated carbocycles. The van der Waals surface area contributed by atoms with E-state index in [9.17, 15) is 12.8 Å². The molecule has 0 radical (unpaired) electrons. The summed E-state index contributed by atoms with van der Waals surface area (Å²) in [6, 6.07) is 9.76. The lowest BCUT2D eigenvalue weighted by molar-refractivity contribution is 0.376. The van der Waals surface area contributed by atoms with Crippen molar-refractivity contribution >= 4 is 33.2 Å². The highest BCUT2D eigenvalue weighted by molar-refractivity contribution is 7.89. The van der Waals surface area contributed by atoms with Gasteiger partial charge in [0.25, 0.3) is 0 Å². The molecule has 0 atom stereocenters. The predicted octanol–water partition coefficient (Wildman–Crippen LogP) is 3.66. The average molecular weight is 402 g/mol. The normalized spacial score (nSPS) is 11.6. The first-order chi connectivity index (χ1) is 11.8. The summed E-state index contributed by atoms with van der Waals surface area (Å²) in [5, 5.41) is 4.12. The van der Waals surface area contributed by atoms with Crippen molar-refractivity contribution in [2.24, 2.45) is 0 Å². The van der Waals surface area contributed by atoms with Crippen molar-refractivity contribution in [1.82, 2.24) is 14.9 Å². The van der Waals surface area contributed by atoms with E-state index in [0.717, 1.165) is 18.2 Å². The molecule has 0 amide bonds. The van der Waals surface area contributed by atoms with Gasteiger partial charge in [-0.3, -0.25) is 0 Å². The Morgan fingerprint density at radius 3 is 2.52 bits per heavy atom. The van der Waals surface area contributed by atoms with Crippen LogP contribution in [0.2, 0.25) is 10.0 Å². The van der Waals surface area contributed by atoms with Crippen LogP contribution in [0.15, 0.2) is 51.9 Å². The third-order valence-electron chi connectivity index (χ3n) is 3.17. The Bertz CT molecular complexity index is 1010. The van der Waals surface area contributed by atoms with Crippen LogP contribution in [0.5, 0.6) is 0 Å². The van der Waals surface area contributed by atoms with E-state index < -0.39 is 15.8 Å². The molecular formula is C15H10Cl2FN3O3S. The Balaban J connectivity index is 1.74. The molecule has 2 aromatic carbocycles. The summed E-state index contributed by atoms with van der Waals surface area (Å²) in [5.74, 6) is -0.272. The van der Waals surface area contributed by atoms with Crippen molar-refractivity contribution in [3.05, 3.63) is 64.2 Å². The first-order valence-corrected chi connectivity index (χ1v) is 9.12. The quantitative estimate of drug-likeness (QED) is 0.704. The second kappa shape index (κ2) is 7.09. The number of nitrogens with one attached hydrogen (secondary N) is 1. The third kappa shape index (κ3) is 4.16. The number of sulfonamides is 1. The van der Waals surface area contributed by atoms with Crippen LogP contribution in [0.25, 0.3) is 11.4 Å². The van der Waals surface area contributed by atoms with Gasteiger partial charge in [-0.2, -0.15) is 4.98 Å². The van der Waals surface area contributed by atoms with Crippen molar-refractivity contribution in [1.29, 1.82) is 0 Å². The predicted molar refractivity (Wildman–Crippen MR) is 90.2 cm³/mol. The van der Waals surface area contributed by atoms with Crippen LogP contribution >= 0.6 is 23.2 Å². The molecule has 25 heavy (non-hydrogen) atoms. The van der Waals surface area contributed by atoms with Crippen molar-refractivity contribution in [2.75, 3.05) is 0 Å². The molecule has 6 nitrogen and oxygen atoms in total. The monoisotopic (exact) mass is 401 g/mol. The van der Waals surface area contributed by atoms with Gasteiger partial charge in [-0.05, 0) is 42.5 Å². The van der Waals surface area contributed by atoms with Gasteiger partial charge in [0.15, 0.2) is 0 Å². The summed E-state index contributed by atoms with van der Waals surface area (Å²) in [6.45, 7) is -0.239. The summed E-state index contributed by atoms with van der Waals surface area (Å²) in [5.41, 5.74) is 0.670. The minimum absolute atomic E-state index is 0.0618. The van der Waals surface area contributed by atoms with Gasteiger partial charge in [0.2, 0.25) is 21.7 Å². The Morgan fingerprint density at radius 1 is 1.12 bits per heavy atom. The molecule has 1 N–H and O–H groups in total. The summed E-state index contributed by atoms with van der Waals surface area (Å²) >= 11 is 11.6. The van der Waals surface area contributed by atoms with Gasteiger partial charge in [0.05, 0.1) is 11.6 Å². The summed E-state index contributed by atoms with van der Waals surface area (Å²) in [4.78, 5) is 3.86. The van der Waals surface area contributed by atoms with E-state index in [2.05, 4.69) is 14.9 Å². The Hall–Kier alpha value is -2.00. The highest BCUT2D eigenvalue weighted by Gasteiger charge is 2.19. The molecule has 3 rings (SSSR count). The van der Waals surface area contributed by atoms with Gasteiger partial charge in [0.1, 0.15) is 10.7 Å². The second-order valence-corrected chi connectivity index (χ2v) is 7.50. The summed E-state index contributed by atoms with van der Waals surface area (Å²) in [7, 11) is -3.96. The zero-order chi connectivity index (χ0) is 18.0. The molecule has 3 aromatic rings. The minimum Gasteiger partial charge on any atom is -0.338 e.